The Kier molecular flexibility index (Phi) is 7.33. The van der Waals surface area contributed by atoms with Crippen molar-refractivity contribution in [2.75, 3.05) is 33.9 Å². The fraction of sp³-hybridized carbons (Fsp3) is 0.636. The predicted molar refractivity (Wildman–Crippen MR) is 109 cm³/mol. The van der Waals surface area contributed by atoms with E-state index in [1.54, 1.807) is 14.2 Å². The van der Waals surface area contributed by atoms with E-state index in [0.717, 1.165) is 18.4 Å². The molecule has 0 radical (unpaired) electrons. The van der Waals surface area contributed by atoms with Crippen molar-refractivity contribution < 1.29 is 19.1 Å². The summed E-state index contributed by atoms with van der Waals surface area (Å²) in [6.07, 6.45) is 1.45. The minimum Gasteiger partial charge on any atom is -0.493 e. The van der Waals surface area contributed by atoms with E-state index in [-0.39, 0.29) is 23.1 Å². The van der Waals surface area contributed by atoms with Gasteiger partial charge in [0, 0.05) is 37.5 Å². The molecule has 0 aromatic heterocycles. The summed E-state index contributed by atoms with van der Waals surface area (Å²) in [5.41, 5.74) is 0.632. The number of hydrogen-bond donors (Lipinski definition) is 0. The molecule has 0 spiro atoms. The number of likely N-dealkylation sites (tertiary alicyclic amines) is 1. The van der Waals surface area contributed by atoms with Gasteiger partial charge in [0.1, 0.15) is 0 Å². The van der Waals surface area contributed by atoms with Gasteiger partial charge in [0.25, 0.3) is 0 Å². The summed E-state index contributed by atoms with van der Waals surface area (Å²) in [5.74, 6) is 1.65. The SMILES string of the molecule is CCN(Cc1ccc(OC)c(OC)c1)C(=O)C1CCN(C(=O)C(C)(C)C)CC1. The molecule has 1 aliphatic rings. The highest BCUT2D eigenvalue weighted by atomic mass is 16.5. The lowest BCUT2D eigenvalue weighted by Gasteiger charge is -2.36. The fourth-order valence-electron chi connectivity index (χ4n) is 3.61. The van der Waals surface area contributed by atoms with Crippen molar-refractivity contribution in [3.8, 4) is 11.5 Å². The molecule has 6 heteroatoms. The van der Waals surface area contributed by atoms with Crippen LogP contribution in [0.2, 0.25) is 0 Å². The largest absolute Gasteiger partial charge is 0.493 e. The molecular weight excluding hydrogens is 356 g/mol. The molecule has 1 aromatic carbocycles. The number of hydrogen-bond acceptors (Lipinski definition) is 4. The molecule has 0 saturated carbocycles. The molecule has 0 N–H and O–H groups in total. The summed E-state index contributed by atoms with van der Waals surface area (Å²) in [4.78, 5) is 29.3. The van der Waals surface area contributed by atoms with Crippen molar-refractivity contribution in [2.24, 2.45) is 11.3 Å². The first-order chi connectivity index (χ1) is 13.2. The second kappa shape index (κ2) is 9.30. The van der Waals surface area contributed by atoms with E-state index >= 15 is 0 Å². The summed E-state index contributed by atoms with van der Waals surface area (Å²) in [6.45, 7) is 10.3. The molecule has 1 aliphatic heterocycles. The first-order valence-electron chi connectivity index (χ1n) is 10.00. The maximum absolute atomic E-state index is 13.1. The Morgan fingerprint density at radius 3 is 2.21 bits per heavy atom. The van der Waals surface area contributed by atoms with Crippen molar-refractivity contribution in [3.05, 3.63) is 23.8 Å². The number of ether oxygens (including phenoxy) is 2. The van der Waals surface area contributed by atoms with Gasteiger partial charge in [0.15, 0.2) is 11.5 Å². The third-order valence-electron chi connectivity index (χ3n) is 5.29. The molecule has 1 saturated heterocycles. The quantitative estimate of drug-likeness (QED) is 0.748. The van der Waals surface area contributed by atoms with Gasteiger partial charge in [-0.1, -0.05) is 26.8 Å². The van der Waals surface area contributed by atoms with E-state index in [2.05, 4.69) is 0 Å². The van der Waals surface area contributed by atoms with Gasteiger partial charge in [-0.05, 0) is 37.5 Å². The Bertz CT molecular complexity index is 688. The summed E-state index contributed by atoms with van der Waals surface area (Å²) >= 11 is 0. The molecule has 1 heterocycles. The van der Waals surface area contributed by atoms with Crippen molar-refractivity contribution in [2.45, 2.75) is 47.1 Å². The van der Waals surface area contributed by atoms with Crippen LogP contribution in [0.15, 0.2) is 18.2 Å². The third-order valence-corrected chi connectivity index (χ3v) is 5.29. The van der Waals surface area contributed by atoms with Gasteiger partial charge in [-0.15, -0.1) is 0 Å². The van der Waals surface area contributed by atoms with Crippen LogP contribution >= 0.6 is 0 Å². The number of carbonyl (C=O) groups excluding carboxylic acids is 2. The molecule has 0 aliphatic carbocycles. The molecule has 1 fully saturated rings. The molecule has 156 valence electrons. The lowest BCUT2D eigenvalue weighted by Crippen LogP contribution is -2.47. The van der Waals surface area contributed by atoms with Gasteiger partial charge in [-0.3, -0.25) is 9.59 Å². The van der Waals surface area contributed by atoms with Crippen molar-refractivity contribution in [1.29, 1.82) is 0 Å². The maximum Gasteiger partial charge on any atom is 0.227 e. The molecule has 0 unspecified atom stereocenters. The van der Waals surface area contributed by atoms with Gasteiger partial charge in [-0.2, -0.15) is 0 Å². The Labute approximate surface area is 168 Å². The zero-order valence-corrected chi connectivity index (χ0v) is 18.1. The zero-order valence-electron chi connectivity index (χ0n) is 18.1. The van der Waals surface area contributed by atoms with Gasteiger partial charge >= 0.3 is 0 Å². The number of piperidine rings is 1. The predicted octanol–water partition coefficient (Wildman–Crippen LogP) is 3.34. The van der Waals surface area contributed by atoms with E-state index < -0.39 is 0 Å². The Hall–Kier alpha value is -2.24. The van der Waals surface area contributed by atoms with Crippen molar-refractivity contribution in [1.82, 2.24) is 9.80 Å². The number of nitrogens with zero attached hydrogens (tertiary/aromatic N) is 2. The Balaban J connectivity index is 2.00. The molecule has 28 heavy (non-hydrogen) atoms. The second-order valence-electron chi connectivity index (χ2n) is 8.36. The second-order valence-corrected chi connectivity index (χ2v) is 8.36. The number of rotatable bonds is 6. The van der Waals surface area contributed by atoms with E-state index in [9.17, 15) is 9.59 Å². The van der Waals surface area contributed by atoms with Crippen molar-refractivity contribution >= 4 is 11.8 Å². The number of carbonyl (C=O) groups is 2. The first kappa shape index (κ1) is 22.1. The lowest BCUT2D eigenvalue weighted by atomic mass is 9.90. The average Bonchev–Trinajstić information content (AvgIpc) is 2.70. The highest BCUT2D eigenvalue weighted by molar-refractivity contribution is 5.82. The summed E-state index contributed by atoms with van der Waals surface area (Å²) in [5, 5.41) is 0. The normalized spacial score (nSPS) is 15.3. The summed E-state index contributed by atoms with van der Waals surface area (Å²) < 4.78 is 10.6. The lowest BCUT2D eigenvalue weighted by molar-refractivity contribution is -0.145. The van der Waals surface area contributed by atoms with Crippen LogP contribution in [0.25, 0.3) is 0 Å². The van der Waals surface area contributed by atoms with Crippen LogP contribution in [0, 0.1) is 11.3 Å². The number of amides is 2. The standard InChI is InChI=1S/C22H34N2O4/c1-7-23(15-16-8-9-18(27-5)19(14-16)28-6)20(25)17-10-12-24(13-11-17)21(26)22(2,3)4/h8-9,14,17H,7,10-13,15H2,1-6H3. The Morgan fingerprint density at radius 1 is 1.11 bits per heavy atom. The molecule has 0 bridgehead atoms. The molecule has 2 amide bonds. The highest BCUT2D eigenvalue weighted by Crippen LogP contribution is 2.29. The summed E-state index contributed by atoms with van der Waals surface area (Å²) in [6, 6.07) is 5.74. The summed E-state index contributed by atoms with van der Waals surface area (Å²) in [7, 11) is 3.22. The zero-order chi connectivity index (χ0) is 20.9. The monoisotopic (exact) mass is 390 g/mol. The van der Waals surface area contributed by atoms with E-state index in [1.807, 2.05) is 55.7 Å². The van der Waals surface area contributed by atoms with Gasteiger partial charge in [0.2, 0.25) is 11.8 Å². The van der Waals surface area contributed by atoms with Crippen LogP contribution in [-0.4, -0.2) is 55.5 Å². The minimum atomic E-state index is -0.375. The van der Waals surface area contributed by atoms with Crippen LogP contribution < -0.4 is 9.47 Å². The van der Waals surface area contributed by atoms with Gasteiger partial charge < -0.3 is 19.3 Å². The Morgan fingerprint density at radius 2 is 1.71 bits per heavy atom. The highest BCUT2D eigenvalue weighted by Gasteiger charge is 2.33. The molecule has 6 nitrogen and oxygen atoms in total. The van der Waals surface area contributed by atoms with E-state index in [4.69, 9.17) is 9.47 Å². The third kappa shape index (κ3) is 5.18. The van der Waals surface area contributed by atoms with Crippen LogP contribution in [0.1, 0.15) is 46.1 Å². The molecule has 1 aromatic rings. The molecular formula is C22H34N2O4. The van der Waals surface area contributed by atoms with Gasteiger partial charge in [-0.25, -0.2) is 0 Å². The maximum atomic E-state index is 13.1. The van der Waals surface area contributed by atoms with Crippen LogP contribution in [0.3, 0.4) is 0 Å². The number of benzene rings is 1. The van der Waals surface area contributed by atoms with Crippen LogP contribution in [0.5, 0.6) is 11.5 Å². The topological polar surface area (TPSA) is 59.1 Å². The number of methoxy groups -OCH3 is 2. The molecule has 2 rings (SSSR count). The van der Waals surface area contributed by atoms with Crippen molar-refractivity contribution in [3.63, 3.8) is 0 Å². The van der Waals surface area contributed by atoms with Gasteiger partial charge in [0.05, 0.1) is 14.2 Å². The first-order valence-corrected chi connectivity index (χ1v) is 10.00. The smallest absolute Gasteiger partial charge is 0.227 e. The fourth-order valence-corrected chi connectivity index (χ4v) is 3.61. The van der Waals surface area contributed by atoms with E-state index in [0.29, 0.717) is 37.7 Å². The minimum absolute atomic E-state index is 0.0240. The average molecular weight is 391 g/mol. The molecule has 0 atom stereocenters. The van der Waals surface area contributed by atoms with Crippen LogP contribution in [-0.2, 0) is 16.1 Å². The van der Waals surface area contributed by atoms with Crippen LogP contribution in [0.4, 0.5) is 0 Å². The van der Waals surface area contributed by atoms with E-state index in [1.165, 1.54) is 0 Å².